The van der Waals surface area contributed by atoms with Crippen molar-refractivity contribution in [1.82, 2.24) is 10.2 Å². The molecule has 2 rings (SSSR count). The Bertz CT molecular complexity index is 680. The average molecular weight is 289 g/mol. The van der Waals surface area contributed by atoms with E-state index in [-0.39, 0.29) is 23.5 Å². The molecule has 8 heteroatoms. The van der Waals surface area contributed by atoms with Gasteiger partial charge in [0.05, 0.1) is 10.5 Å². The number of amides is 3. The van der Waals surface area contributed by atoms with E-state index in [2.05, 4.69) is 5.32 Å². The van der Waals surface area contributed by atoms with Crippen LogP contribution >= 0.6 is 0 Å². The van der Waals surface area contributed by atoms with Crippen molar-refractivity contribution >= 4 is 29.5 Å². The number of nitro benzene ring substituents is 1. The monoisotopic (exact) mass is 289 g/mol. The minimum Gasteiger partial charge on any atom is -0.320 e. The predicted octanol–water partition coefficient (Wildman–Crippen LogP) is 0.441. The van der Waals surface area contributed by atoms with Crippen molar-refractivity contribution in [2.24, 2.45) is 0 Å². The molecule has 1 fully saturated rings. The lowest BCUT2D eigenvalue weighted by Gasteiger charge is -2.25. The van der Waals surface area contributed by atoms with Crippen molar-refractivity contribution < 1.29 is 19.3 Å². The SMILES string of the molecule is CC(=O)N1CC(=O)N/C(=C\c2ccccc2[N+](=O)[O-])C1=O. The van der Waals surface area contributed by atoms with Crippen LogP contribution in [-0.4, -0.2) is 34.1 Å². The molecule has 0 atom stereocenters. The number of nitro groups is 1. The molecule has 8 nitrogen and oxygen atoms in total. The van der Waals surface area contributed by atoms with E-state index < -0.39 is 22.6 Å². The van der Waals surface area contributed by atoms with Crippen molar-refractivity contribution in [2.75, 3.05) is 6.54 Å². The molecule has 1 heterocycles. The van der Waals surface area contributed by atoms with E-state index in [1.165, 1.54) is 31.2 Å². The third kappa shape index (κ3) is 2.94. The normalized spacial score (nSPS) is 16.8. The zero-order valence-corrected chi connectivity index (χ0v) is 11.0. The summed E-state index contributed by atoms with van der Waals surface area (Å²) in [5.41, 5.74) is -0.209. The second-order valence-electron chi connectivity index (χ2n) is 4.33. The molecular formula is C13H11N3O5. The molecule has 21 heavy (non-hydrogen) atoms. The van der Waals surface area contributed by atoms with Crippen LogP contribution in [0.3, 0.4) is 0 Å². The molecule has 1 aliphatic rings. The molecule has 3 amide bonds. The summed E-state index contributed by atoms with van der Waals surface area (Å²) in [7, 11) is 0. The second-order valence-corrected chi connectivity index (χ2v) is 4.33. The number of carbonyl (C=O) groups excluding carboxylic acids is 3. The Balaban J connectivity index is 2.45. The van der Waals surface area contributed by atoms with Gasteiger partial charge in [0.25, 0.3) is 11.6 Å². The first-order chi connectivity index (χ1) is 9.90. The highest BCUT2D eigenvalue weighted by molar-refractivity contribution is 6.12. The van der Waals surface area contributed by atoms with Crippen molar-refractivity contribution in [3.8, 4) is 0 Å². The number of hydrogen-bond donors (Lipinski definition) is 1. The van der Waals surface area contributed by atoms with Gasteiger partial charge in [0.2, 0.25) is 11.8 Å². The molecule has 0 aliphatic carbocycles. The zero-order valence-electron chi connectivity index (χ0n) is 11.0. The predicted molar refractivity (Wildman–Crippen MR) is 71.6 cm³/mol. The van der Waals surface area contributed by atoms with Crippen LogP contribution in [-0.2, 0) is 14.4 Å². The Morgan fingerprint density at radius 1 is 1.38 bits per heavy atom. The topological polar surface area (TPSA) is 110 Å². The van der Waals surface area contributed by atoms with E-state index in [9.17, 15) is 24.5 Å². The fourth-order valence-electron chi connectivity index (χ4n) is 1.89. The minimum absolute atomic E-state index is 0.163. The highest BCUT2D eigenvalue weighted by Crippen LogP contribution is 2.21. The molecule has 0 aromatic heterocycles. The van der Waals surface area contributed by atoms with Gasteiger partial charge >= 0.3 is 0 Å². The van der Waals surface area contributed by atoms with Gasteiger partial charge in [-0.3, -0.25) is 29.4 Å². The molecule has 1 aliphatic heterocycles. The van der Waals surface area contributed by atoms with Gasteiger partial charge in [-0.15, -0.1) is 0 Å². The summed E-state index contributed by atoms with van der Waals surface area (Å²) < 4.78 is 0. The average Bonchev–Trinajstić information content (AvgIpc) is 2.42. The summed E-state index contributed by atoms with van der Waals surface area (Å²) in [6, 6.07) is 5.78. The van der Waals surface area contributed by atoms with Gasteiger partial charge in [-0.05, 0) is 12.1 Å². The van der Waals surface area contributed by atoms with Crippen LogP contribution in [0.4, 0.5) is 5.69 Å². The van der Waals surface area contributed by atoms with E-state index in [0.29, 0.717) is 0 Å². The van der Waals surface area contributed by atoms with Gasteiger partial charge in [0.15, 0.2) is 0 Å². The number of hydrogen-bond acceptors (Lipinski definition) is 5. The Morgan fingerprint density at radius 2 is 2.05 bits per heavy atom. The Kier molecular flexibility index (Phi) is 3.79. The number of para-hydroxylation sites is 1. The standard InChI is InChI=1S/C13H11N3O5/c1-8(17)15-7-12(18)14-10(13(15)19)6-9-4-2-3-5-11(9)16(20)21/h2-6H,7H2,1H3,(H,14,18)/b10-6-. The first-order valence-electron chi connectivity index (χ1n) is 5.97. The van der Waals surface area contributed by atoms with Gasteiger partial charge in [0, 0.05) is 13.0 Å². The summed E-state index contributed by atoms with van der Waals surface area (Å²) >= 11 is 0. The van der Waals surface area contributed by atoms with Gasteiger partial charge < -0.3 is 5.32 Å². The number of benzene rings is 1. The lowest BCUT2D eigenvalue weighted by Crippen LogP contribution is -2.51. The lowest BCUT2D eigenvalue weighted by molar-refractivity contribution is -0.385. The number of rotatable bonds is 2. The smallest absolute Gasteiger partial charge is 0.277 e. The third-order valence-corrected chi connectivity index (χ3v) is 2.86. The fourth-order valence-corrected chi connectivity index (χ4v) is 1.89. The second kappa shape index (κ2) is 5.53. The minimum atomic E-state index is -0.694. The van der Waals surface area contributed by atoms with Crippen LogP contribution in [0.2, 0.25) is 0 Å². The largest absolute Gasteiger partial charge is 0.320 e. The van der Waals surface area contributed by atoms with Crippen LogP contribution in [0.5, 0.6) is 0 Å². The Morgan fingerprint density at radius 3 is 2.67 bits per heavy atom. The zero-order chi connectivity index (χ0) is 15.6. The molecule has 0 radical (unpaired) electrons. The summed E-state index contributed by atoms with van der Waals surface area (Å²) in [6.07, 6.45) is 1.19. The van der Waals surface area contributed by atoms with Crippen LogP contribution in [0.25, 0.3) is 6.08 Å². The first kappa shape index (κ1) is 14.4. The quantitative estimate of drug-likeness (QED) is 0.482. The number of nitrogens with one attached hydrogen (secondary N) is 1. The fraction of sp³-hybridized carbons (Fsp3) is 0.154. The van der Waals surface area contributed by atoms with Crippen LogP contribution in [0.15, 0.2) is 30.0 Å². The van der Waals surface area contributed by atoms with E-state index in [1.807, 2.05) is 0 Å². The number of carbonyl (C=O) groups is 3. The summed E-state index contributed by atoms with van der Waals surface area (Å²) in [5, 5.41) is 13.2. The van der Waals surface area contributed by atoms with Gasteiger partial charge in [-0.1, -0.05) is 12.1 Å². The summed E-state index contributed by atoms with van der Waals surface area (Å²) in [5.74, 6) is -1.79. The molecule has 0 saturated carbocycles. The van der Waals surface area contributed by atoms with Crippen molar-refractivity contribution in [3.05, 3.63) is 45.6 Å². The maximum Gasteiger partial charge on any atom is 0.277 e. The van der Waals surface area contributed by atoms with E-state index in [1.54, 1.807) is 6.07 Å². The number of imide groups is 1. The number of nitrogens with zero attached hydrogens (tertiary/aromatic N) is 2. The first-order valence-corrected chi connectivity index (χ1v) is 5.97. The van der Waals surface area contributed by atoms with E-state index in [4.69, 9.17) is 0 Å². The maximum absolute atomic E-state index is 12.1. The highest BCUT2D eigenvalue weighted by atomic mass is 16.6. The molecule has 1 aromatic carbocycles. The molecule has 108 valence electrons. The Labute approximate surface area is 119 Å². The van der Waals surface area contributed by atoms with Crippen LogP contribution in [0, 0.1) is 10.1 Å². The van der Waals surface area contributed by atoms with Gasteiger partial charge in [-0.25, -0.2) is 0 Å². The van der Waals surface area contributed by atoms with Gasteiger partial charge in [-0.2, -0.15) is 0 Å². The van der Waals surface area contributed by atoms with E-state index >= 15 is 0 Å². The van der Waals surface area contributed by atoms with Crippen molar-refractivity contribution in [1.29, 1.82) is 0 Å². The van der Waals surface area contributed by atoms with Gasteiger partial charge in [0.1, 0.15) is 12.2 Å². The lowest BCUT2D eigenvalue weighted by atomic mass is 10.1. The highest BCUT2D eigenvalue weighted by Gasteiger charge is 2.31. The third-order valence-electron chi connectivity index (χ3n) is 2.86. The molecular weight excluding hydrogens is 278 g/mol. The molecule has 1 aromatic rings. The van der Waals surface area contributed by atoms with Crippen molar-refractivity contribution in [2.45, 2.75) is 6.92 Å². The molecule has 0 spiro atoms. The van der Waals surface area contributed by atoms with Crippen LogP contribution in [0.1, 0.15) is 12.5 Å². The summed E-state index contributed by atoms with van der Waals surface area (Å²) in [6.45, 7) is 0.807. The molecule has 0 bridgehead atoms. The van der Waals surface area contributed by atoms with Crippen molar-refractivity contribution in [3.63, 3.8) is 0 Å². The molecule has 0 unspecified atom stereocenters. The number of piperazine rings is 1. The van der Waals surface area contributed by atoms with E-state index in [0.717, 1.165) is 4.90 Å². The maximum atomic E-state index is 12.1. The molecule has 1 saturated heterocycles. The van der Waals surface area contributed by atoms with Crippen LogP contribution < -0.4 is 5.32 Å². The molecule has 1 N–H and O–H groups in total. The Hall–Kier alpha value is -3.03. The summed E-state index contributed by atoms with van der Waals surface area (Å²) in [4.78, 5) is 46.0.